The van der Waals surface area contributed by atoms with E-state index in [0.29, 0.717) is 31.3 Å². The van der Waals surface area contributed by atoms with Gasteiger partial charge in [-0.3, -0.25) is 9.59 Å². The number of para-hydroxylation sites is 2. The Bertz CT molecular complexity index is 1020. The van der Waals surface area contributed by atoms with Crippen molar-refractivity contribution in [1.29, 1.82) is 0 Å². The number of furan rings is 1. The number of carbonyl (C=O) groups is 2. The highest BCUT2D eigenvalue weighted by Crippen LogP contribution is 2.23. The summed E-state index contributed by atoms with van der Waals surface area (Å²) >= 11 is 0. The molecular formula is C24H30N4O3. The number of nitrogens with zero attached hydrogens (tertiary/aromatic N) is 3. The normalized spacial score (nSPS) is 14.6. The third-order valence-electron chi connectivity index (χ3n) is 6.15. The topological polar surface area (TPSA) is 80.4 Å². The quantitative estimate of drug-likeness (QED) is 0.560. The van der Waals surface area contributed by atoms with Crippen molar-refractivity contribution in [2.75, 3.05) is 13.6 Å². The molecule has 1 saturated carbocycles. The molecule has 1 fully saturated rings. The van der Waals surface area contributed by atoms with Gasteiger partial charge in [-0.05, 0) is 43.5 Å². The summed E-state index contributed by atoms with van der Waals surface area (Å²) in [6.07, 6.45) is 8.74. The van der Waals surface area contributed by atoms with Gasteiger partial charge in [0, 0.05) is 26.1 Å². The number of benzene rings is 1. The molecule has 0 radical (unpaired) electrons. The molecule has 0 aliphatic heterocycles. The number of aryl methyl sites for hydroxylation is 1. The van der Waals surface area contributed by atoms with Gasteiger partial charge in [0.05, 0.1) is 17.3 Å². The predicted octanol–water partition coefficient (Wildman–Crippen LogP) is 3.78. The molecule has 0 bridgehead atoms. The second kappa shape index (κ2) is 9.81. The summed E-state index contributed by atoms with van der Waals surface area (Å²) in [5.74, 6) is 1.09. The van der Waals surface area contributed by atoms with Crippen molar-refractivity contribution in [1.82, 2.24) is 19.8 Å². The zero-order valence-electron chi connectivity index (χ0n) is 18.0. The van der Waals surface area contributed by atoms with Crippen molar-refractivity contribution in [3.8, 4) is 0 Å². The zero-order chi connectivity index (χ0) is 21.6. The Kier molecular flexibility index (Phi) is 6.70. The molecule has 1 aromatic carbocycles. The molecule has 164 valence electrons. The molecule has 1 aliphatic rings. The third-order valence-corrected chi connectivity index (χ3v) is 6.15. The number of carbonyl (C=O) groups excluding carboxylic acids is 2. The first-order valence-corrected chi connectivity index (χ1v) is 11.1. The Morgan fingerprint density at radius 2 is 1.97 bits per heavy atom. The highest BCUT2D eigenvalue weighted by Gasteiger charge is 2.23. The molecule has 2 amide bonds. The first-order valence-electron chi connectivity index (χ1n) is 11.1. The molecule has 2 heterocycles. The number of imidazole rings is 1. The summed E-state index contributed by atoms with van der Waals surface area (Å²) < 4.78 is 7.15. The van der Waals surface area contributed by atoms with Crippen LogP contribution in [0.2, 0.25) is 0 Å². The van der Waals surface area contributed by atoms with E-state index in [4.69, 9.17) is 9.40 Å². The van der Waals surface area contributed by atoms with Crippen LogP contribution in [0.4, 0.5) is 0 Å². The van der Waals surface area contributed by atoms with Gasteiger partial charge >= 0.3 is 0 Å². The van der Waals surface area contributed by atoms with Crippen molar-refractivity contribution in [3.63, 3.8) is 0 Å². The number of likely N-dealkylation sites (N-methyl/N-ethyl adjacent to an activating group) is 1. The van der Waals surface area contributed by atoms with Gasteiger partial charge < -0.3 is 19.2 Å². The van der Waals surface area contributed by atoms with Crippen LogP contribution in [-0.4, -0.2) is 45.9 Å². The molecule has 7 heteroatoms. The Balaban J connectivity index is 1.41. The van der Waals surface area contributed by atoms with E-state index in [9.17, 15) is 9.59 Å². The molecule has 0 atom stereocenters. The lowest BCUT2D eigenvalue weighted by Crippen LogP contribution is -2.40. The fraction of sp³-hybridized carbons (Fsp3) is 0.458. The molecule has 0 unspecified atom stereocenters. The van der Waals surface area contributed by atoms with E-state index in [1.165, 1.54) is 25.5 Å². The minimum atomic E-state index is -0.220. The molecule has 0 saturated heterocycles. The first-order chi connectivity index (χ1) is 15.1. The van der Waals surface area contributed by atoms with Gasteiger partial charge in [-0.25, -0.2) is 4.98 Å². The number of aromatic nitrogens is 2. The first kappa shape index (κ1) is 21.2. The van der Waals surface area contributed by atoms with Crippen molar-refractivity contribution in [2.24, 2.45) is 0 Å². The minimum Gasteiger partial charge on any atom is -0.459 e. The lowest BCUT2D eigenvalue weighted by atomic mass is 9.94. The van der Waals surface area contributed by atoms with Crippen molar-refractivity contribution >= 4 is 22.8 Å². The Morgan fingerprint density at radius 1 is 1.16 bits per heavy atom. The Morgan fingerprint density at radius 3 is 2.74 bits per heavy atom. The number of hydrogen-bond donors (Lipinski definition) is 1. The highest BCUT2D eigenvalue weighted by molar-refractivity contribution is 5.91. The average Bonchev–Trinajstić information content (AvgIpc) is 3.45. The van der Waals surface area contributed by atoms with E-state index < -0.39 is 0 Å². The maximum atomic E-state index is 13.1. The van der Waals surface area contributed by atoms with Crippen LogP contribution in [0, 0.1) is 0 Å². The molecule has 1 aliphatic carbocycles. The third kappa shape index (κ3) is 4.98. The van der Waals surface area contributed by atoms with E-state index in [1.807, 2.05) is 40.8 Å². The maximum absolute atomic E-state index is 13.1. The van der Waals surface area contributed by atoms with Crippen LogP contribution in [0.25, 0.3) is 11.0 Å². The molecular weight excluding hydrogens is 392 g/mol. The van der Waals surface area contributed by atoms with Crippen LogP contribution in [-0.2, 0) is 17.8 Å². The monoisotopic (exact) mass is 422 g/mol. The van der Waals surface area contributed by atoms with Crippen molar-refractivity contribution in [3.05, 3.63) is 54.2 Å². The molecule has 2 aromatic heterocycles. The van der Waals surface area contributed by atoms with Crippen LogP contribution in [0.3, 0.4) is 0 Å². The SMILES string of the molecule is CN(C(=O)Cn1c(CCCNC(=O)c2ccco2)nc2ccccc21)C1CCCCC1. The molecule has 7 nitrogen and oxygen atoms in total. The summed E-state index contributed by atoms with van der Waals surface area (Å²) in [4.78, 5) is 31.8. The Labute approximate surface area is 182 Å². The smallest absolute Gasteiger partial charge is 0.286 e. The Hall–Kier alpha value is -3.09. The second-order valence-corrected chi connectivity index (χ2v) is 8.24. The number of rotatable bonds is 8. The van der Waals surface area contributed by atoms with E-state index in [1.54, 1.807) is 12.1 Å². The largest absolute Gasteiger partial charge is 0.459 e. The summed E-state index contributed by atoms with van der Waals surface area (Å²) in [5.41, 5.74) is 1.87. The summed E-state index contributed by atoms with van der Waals surface area (Å²) in [5, 5.41) is 2.87. The standard InChI is InChI=1S/C24H30N4O3/c1-27(18-9-3-2-4-10-18)23(29)17-28-20-12-6-5-11-19(20)26-22(28)14-7-15-25-24(30)21-13-8-16-31-21/h5-6,8,11-13,16,18H,2-4,7,9-10,14-15,17H2,1H3,(H,25,30). The molecule has 0 spiro atoms. The highest BCUT2D eigenvalue weighted by atomic mass is 16.3. The van der Waals surface area contributed by atoms with E-state index in [0.717, 1.165) is 36.1 Å². The van der Waals surface area contributed by atoms with Gasteiger partial charge in [-0.15, -0.1) is 0 Å². The number of amides is 2. The van der Waals surface area contributed by atoms with E-state index in [-0.39, 0.29) is 11.8 Å². The molecule has 1 N–H and O–H groups in total. The lowest BCUT2D eigenvalue weighted by molar-refractivity contribution is -0.133. The van der Waals surface area contributed by atoms with Gasteiger partial charge in [0.2, 0.25) is 5.91 Å². The van der Waals surface area contributed by atoms with Crippen molar-refractivity contribution < 1.29 is 14.0 Å². The number of hydrogen-bond acceptors (Lipinski definition) is 4. The van der Waals surface area contributed by atoms with Gasteiger partial charge in [0.1, 0.15) is 12.4 Å². The summed E-state index contributed by atoms with van der Waals surface area (Å²) in [6.45, 7) is 0.806. The van der Waals surface area contributed by atoms with Gasteiger partial charge in [-0.1, -0.05) is 31.4 Å². The van der Waals surface area contributed by atoms with Gasteiger partial charge in [0.25, 0.3) is 5.91 Å². The predicted molar refractivity (Wildman–Crippen MR) is 119 cm³/mol. The van der Waals surface area contributed by atoms with E-state index >= 15 is 0 Å². The zero-order valence-corrected chi connectivity index (χ0v) is 18.0. The van der Waals surface area contributed by atoms with Crippen molar-refractivity contribution in [2.45, 2.75) is 57.5 Å². The molecule has 4 rings (SSSR count). The number of fused-ring (bicyclic) bond motifs is 1. The fourth-order valence-electron chi connectivity index (χ4n) is 4.35. The van der Waals surface area contributed by atoms with Gasteiger partial charge in [-0.2, -0.15) is 0 Å². The summed E-state index contributed by atoms with van der Waals surface area (Å²) in [7, 11) is 1.93. The molecule has 3 aromatic rings. The average molecular weight is 423 g/mol. The van der Waals surface area contributed by atoms with Gasteiger partial charge in [0.15, 0.2) is 5.76 Å². The minimum absolute atomic E-state index is 0.127. The van der Waals surface area contributed by atoms with Crippen LogP contribution in [0.1, 0.15) is 54.9 Å². The fourth-order valence-corrected chi connectivity index (χ4v) is 4.35. The lowest BCUT2D eigenvalue weighted by Gasteiger charge is -2.31. The number of nitrogens with one attached hydrogen (secondary N) is 1. The van der Waals surface area contributed by atoms with Crippen LogP contribution >= 0.6 is 0 Å². The van der Waals surface area contributed by atoms with E-state index in [2.05, 4.69) is 5.32 Å². The van der Waals surface area contributed by atoms with Crippen LogP contribution in [0.5, 0.6) is 0 Å². The maximum Gasteiger partial charge on any atom is 0.286 e. The second-order valence-electron chi connectivity index (χ2n) is 8.24. The molecule has 31 heavy (non-hydrogen) atoms. The van der Waals surface area contributed by atoms with Crippen LogP contribution in [0.15, 0.2) is 47.1 Å². The summed E-state index contributed by atoms with van der Waals surface area (Å²) in [6, 6.07) is 11.6. The van der Waals surface area contributed by atoms with Crippen LogP contribution < -0.4 is 5.32 Å².